The minimum absolute atomic E-state index is 0.212. The summed E-state index contributed by atoms with van der Waals surface area (Å²) in [6.07, 6.45) is 5.19. The van der Waals surface area contributed by atoms with Crippen LogP contribution in [0.15, 0.2) is 84.0 Å². The number of nitrogen functional groups attached to an aromatic ring is 1. The van der Waals surface area contributed by atoms with Gasteiger partial charge in [-0.05, 0) is 43.1 Å². The van der Waals surface area contributed by atoms with E-state index in [-0.39, 0.29) is 10.9 Å². The Balaban J connectivity index is 1.41. The normalized spacial score (nSPS) is 17.3. The first-order valence-electron chi connectivity index (χ1n) is 11.1. The van der Waals surface area contributed by atoms with Crippen molar-refractivity contribution in [3.63, 3.8) is 0 Å². The Morgan fingerprint density at radius 3 is 2.52 bits per heavy atom. The van der Waals surface area contributed by atoms with Gasteiger partial charge in [-0.3, -0.25) is 4.90 Å². The van der Waals surface area contributed by atoms with Crippen LogP contribution in [0.4, 0.5) is 11.4 Å². The van der Waals surface area contributed by atoms with Gasteiger partial charge >= 0.3 is 0 Å². The molecule has 5 rings (SSSR count). The van der Waals surface area contributed by atoms with Gasteiger partial charge in [0.15, 0.2) is 5.65 Å². The number of nitrogens with zero attached hydrogens (tertiary/aromatic N) is 3. The Bertz CT molecular complexity index is 1350. The van der Waals surface area contributed by atoms with Crippen LogP contribution in [0.1, 0.15) is 18.4 Å². The lowest BCUT2D eigenvalue weighted by Crippen LogP contribution is -2.41. The zero-order chi connectivity index (χ0) is 22.8. The van der Waals surface area contributed by atoms with Crippen LogP contribution in [0.25, 0.3) is 11.0 Å². The van der Waals surface area contributed by atoms with Crippen molar-refractivity contribution in [1.82, 2.24) is 13.9 Å². The maximum atomic E-state index is 13.2. The number of fused-ring (bicyclic) bond motifs is 1. The largest absolute Gasteiger partial charge is 0.396 e. The first-order chi connectivity index (χ1) is 16.0. The van der Waals surface area contributed by atoms with Crippen LogP contribution >= 0.6 is 0 Å². The van der Waals surface area contributed by atoms with Crippen molar-refractivity contribution in [1.29, 1.82) is 0 Å². The number of benzene rings is 2. The summed E-state index contributed by atoms with van der Waals surface area (Å²) in [5, 5.41) is 4.30. The zero-order valence-corrected chi connectivity index (χ0v) is 19.1. The fraction of sp³-hybridized carbons (Fsp3) is 0.240. The average Bonchev–Trinajstić information content (AvgIpc) is 3.28. The molecule has 170 valence electrons. The Hall–Kier alpha value is -3.36. The van der Waals surface area contributed by atoms with Crippen molar-refractivity contribution in [2.24, 2.45) is 0 Å². The Morgan fingerprint density at radius 1 is 1.03 bits per heavy atom. The highest BCUT2D eigenvalue weighted by Crippen LogP contribution is 2.32. The highest BCUT2D eigenvalue weighted by molar-refractivity contribution is 7.90. The molecule has 1 atom stereocenters. The van der Waals surface area contributed by atoms with Crippen LogP contribution in [-0.2, 0) is 16.6 Å². The van der Waals surface area contributed by atoms with E-state index >= 15 is 0 Å². The fourth-order valence-corrected chi connectivity index (χ4v) is 5.82. The minimum atomic E-state index is -3.75. The van der Waals surface area contributed by atoms with Gasteiger partial charge in [0.05, 0.1) is 22.5 Å². The van der Waals surface area contributed by atoms with Crippen molar-refractivity contribution in [2.75, 3.05) is 24.1 Å². The highest BCUT2D eigenvalue weighted by atomic mass is 32.2. The third kappa shape index (κ3) is 4.31. The predicted molar refractivity (Wildman–Crippen MR) is 132 cm³/mol. The molecule has 7 nitrogen and oxygen atoms in total. The van der Waals surface area contributed by atoms with Gasteiger partial charge in [0, 0.05) is 30.7 Å². The SMILES string of the molecule is Nc1cnc2c(ccn2S(=O)(=O)c2ccccc2)c1N[C@@H]1CCCN(Cc2ccccc2)C1. The molecule has 0 amide bonds. The molecule has 1 fully saturated rings. The maximum Gasteiger partial charge on any atom is 0.269 e. The Kier molecular flexibility index (Phi) is 5.78. The molecule has 1 saturated heterocycles. The predicted octanol–water partition coefficient (Wildman–Crippen LogP) is 3.93. The van der Waals surface area contributed by atoms with Crippen molar-refractivity contribution < 1.29 is 8.42 Å². The van der Waals surface area contributed by atoms with Crippen molar-refractivity contribution in [3.8, 4) is 0 Å². The summed E-state index contributed by atoms with van der Waals surface area (Å²) in [5.41, 5.74) is 9.22. The van der Waals surface area contributed by atoms with Gasteiger partial charge in [-0.1, -0.05) is 48.5 Å². The molecule has 3 N–H and O–H groups in total. The molecule has 0 bridgehead atoms. The van der Waals surface area contributed by atoms with Crippen LogP contribution in [0.2, 0.25) is 0 Å². The van der Waals surface area contributed by atoms with Crippen LogP contribution in [-0.4, -0.2) is 41.4 Å². The van der Waals surface area contributed by atoms with Crippen LogP contribution in [0, 0.1) is 0 Å². The number of rotatable bonds is 6. The van der Waals surface area contributed by atoms with E-state index in [9.17, 15) is 8.42 Å². The van der Waals surface area contributed by atoms with Gasteiger partial charge < -0.3 is 11.1 Å². The lowest BCUT2D eigenvalue weighted by Gasteiger charge is -2.34. The Labute approximate surface area is 193 Å². The molecular formula is C25H27N5O2S. The number of hydrogen-bond donors (Lipinski definition) is 2. The Morgan fingerprint density at radius 2 is 1.76 bits per heavy atom. The molecule has 4 aromatic rings. The molecule has 0 unspecified atom stereocenters. The standard InChI is InChI=1S/C25H27N5O2S/c26-23-16-27-25-22(13-15-30(25)33(31,32)21-11-5-2-6-12-21)24(23)28-20-10-7-14-29(18-20)17-19-8-3-1-4-9-19/h1-6,8-9,11-13,15-16,20H,7,10,14,17-18,26H2,(H,27,28)/t20-/m1/s1. The van der Waals surface area contributed by atoms with Crippen molar-refractivity contribution in [3.05, 3.63) is 84.7 Å². The second-order valence-corrected chi connectivity index (χ2v) is 10.3. The topological polar surface area (TPSA) is 93.2 Å². The van der Waals surface area contributed by atoms with Crippen LogP contribution in [0.3, 0.4) is 0 Å². The quantitative estimate of drug-likeness (QED) is 0.452. The van der Waals surface area contributed by atoms with E-state index in [0.717, 1.165) is 38.2 Å². The van der Waals surface area contributed by atoms with Gasteiger partial charge in [0.1, 0.15) is 0 Å². The summed E-state index contributed by atoms with van der Waals surface area (Å²) in [5.74, 6) is 0. The molecule has 3 heterocycles. The third-order valence-corrected chi connectivity index (χ3v) is 7.79. The molecule has 33 heavy (non-hydrogen) atoms. The van der Waals surface area contributed by atoms with Gasteiger partial charge in [-0.25, -0.2) is 17.4 Å². The fourth-order valence-electron chi connectivity index (χ4n) is 4.50. The number of nitrogens with two attached hydrogens (primary N) is 1. The number of likely N-dealkylation sites (tertiary alicyclic amines) is 1. The number of nitrogens with one attached hydrogen (secondary N) is 1. The lowest BCUT2D eigenvalue weighted by atomic mass is 10.0. The summed E-state index contributed by atoms with van der Waals surface area (Å²) >= 11 is 0. The molecule has 1 aliphatic rings. The van der Waals surface area contributed by atoms with Gasteiger partial charge in [0.2, 0.25) is 0 Å². The minimum Gasteiger partial charge on any atom is -0.396 e. The van der Waals surface area contributed by atoms with E-state index in [2.05, 4.69) is 39.5 Å². The van der Waals surface area contributed by atoms with Crippen molar-refractivity contribution >= 4 is 32.4 Å². The van der Waals surface area contributed by atoms with Gasteiger partial charge in [0.25, 0.3) is 10.0 Å². The smallest absolute Gasteiger partial charge is 0.269 e. The number of aromatic nitrogens is 2. The molecule has 0 saturated carbocycles. The van der Waals surface area contributed by atoms with E-state index in [1.54, 1.807) is 42.6 Å². The van der Waals surface area contributed by atoms with E-state index in [1.807, 2.05) is 6.07 Å². The average molecular weight is 462 g/mol. The van der Waals surface area contributed by atoms with E-state index in [4.69, 9.17) is 5.73 Å². The van der Waals surface area contributed by atoms with Gasteiger partial charge in [-0.15, -0.1) is 0 Å². The lowest BCUT2D eigenvalue weighted by molar-refractivity contribution is 0.208. The molecular weight excluding hydrogens is 434 g/mol. The van der Waals surface area contributed by atoms with Gasteiger partial charge in [-0.2, -0.15) is 0 Å². The molecule has 2 aromatic carbocycles. The number of anilines is 2. The molecule has 8 heteroatoms. The summed E-state index contributed by atoms with van der Waals surface area (Å²) in [6, 6.07) is 20.8. The van der Waals surface area contributed by atoms with E-state index < -0.39 is 10.0 Å². The molecule has 2 aromatic heterocycles. The number of piperidine rings is 1. The summed E-state index contributed by atoms with van der Waals surface area (Å²) in [4.78, 5) is 7.03. The monoisotopic (exact) mass is 461 g/mol. The van der Waals surface area contributed by atoms with Crippen molar-refractivity contribution in [2.45, 2.75) is 30.3 Å². The van der Waals surface area contributed by atoms with E-state index in [1.165, 1.54) is 15.7 Å². The molecule has 1 aliphatic heterocycles. The number of pyridine rings is 1. The first kappa shape index (κ1) is 21.5. The molecule has 0 aliphatic carbocycles. The number of hydrogen-bond acceptors (Lipinski definition) is 6. The maximum absolute atomic E-state index is 13.2. The van der Waals surface area contributed by atoms with Crippen LogP contribution < -0.4 is 11.1 Å². The van der Waals surface area contributed by atoms with Crippen LogP contribution in [0.5, 0.6) is 0 Å². The highest BCUT2D eigenvalue weighted by Gasteiger charge is 2.24. The summed E-state index contributed by atoms with van der Waals surface area (Å²) in [7, 11) is -3.75. The second-order valence-electron chi connectivity index (χ2n) is 8.46. The third-order valence-electron chi connectivity index (χ3n) is 6.11. The first-order valence-corrected chi connectivity index (χ1v) is 12.6. The molecule has 0 radical (unpaired) electrons. The zero-order valence-electron chi connectivity index (χ0n) is 18.3. The summed E-state index contributed by atoms with van der Waals surface area (Å²) in [6.45, 7) is 2.85. The van der Waals surface area contributed by atoms with E-state index in [0.29, 0.717) is 16.7 Å². The summed E-state index contributed by atoms with van der Waals surface area (Å²) < 4.78 is 27.6. The molecule has 0 spiro atoms. The second kappa shape index (κ2) is 8.88.